The summed E-state index contributed by atoms with van der Waals surface area (Å²) in [7, 11) is 0. The molecule has 1 fully saturated rings. The Balaban J connectivity index is 1.67. The van der Waals surface area contributed by atoms with E-state index in [1.54, 1.807) is 12.1 Å². The molecule has 0 aromatic heterocycles. The largest absolute Gasteiger partial charge is 0.512 e. The lowest BCUT2D eigenvalue weighted by Gasteiger charge is -2.39. The van der Waals surface area contributed by atoms with Gasteiger partial charge in [-0.2, -0.15) is 0 Å². The van der Waals surface area contributed by atoms with Crippen molar-refractivity contribution in [2.24, 2.45) is 5.41 Å². The van der Waals surface area contributed by atoms with Gasteiger partial charge in [-0.15, -0.1) is 0 Å². The van der Waals surface area contributed by atoms with Crippen LogP contribution < -0.4 is 4.74 Å². The van der Waals surface area contributed by atoms with Crippen LogP contribution in [0.3, 0.4) is 0 Å². The quantitative estimate of drug-likeness (QED) is 0.434. The summed E-state index contributed by atoms with van der Waals surface area (Å²) in [4.78, 5) is 23.6. The molecule has 2 aromatic carbocycles. The molecule has 1 saturated heterocycles. The summed E-state index contributed by atoms with van der Waals surface area (Å²) in [6.07, 6.45) is 3.06. The SMILES string of the molecule is CCc1ccc(Oc2ccc([N+](=O)[O-])c(Cl)c2)cc1C1=C(O)CC2(CCOCC2)CC1=O. The van der Waals surface area contributed by atoms with E-state index in [0.29, 0.717) is 55.1 Å². The number of aryl methyl sites for hydroxylation is 1. The summed E-state index contributed by atoms with van der Waals surface area (Å²) in [5, 5.41) is 21.9. The number of halogens is 1. The number of nitro groups is 1. The Labute approximate surface area is 190 Å². The van der Waals surface area contributed by atoms with E-state index in [0.717, 1.165) is 18.4 Å². The first-order valence-corrected chi connectivity index (χ1v) is 11.0. The van der Waals surface area contributed by atoms with Crippen LogP contribution in [0.15, 0.2) is 42.2 Å². The van der Waals surface area contributed by atoms with Gasteiger partial charge < -0.3 is 14.6 Å². The molecule has 1 N–H and O–H groups in total. The summed E-state index contributed by atoms with van der Waals surface area (Å²) >= 11 is 5.98. The summed E-state index contributed by atoms with van der Waals surface area (Å²) in [5.74, 6) is 0.834. The van der Waals surface area contributed by atoms with Gasteiger partial charge in [-0.3, -0.25) is 14.9 Å². The third-order valence-corrected chi connectivity index (χ3v) is 6.58. The number of Topliss-reactive ketones (excluding diaryl/α,β-unsaturated/α-hetero) is 1. The van der Waals surface area contributed by atoms with Crippen LogP contribution in [0.25, 0.3) is 5.57 Å². The molecular formula is C24H24ClNO6. The highest BCUT2D eigenvalue weighted by Crippen LogP contribution is 2.47. The van der Waals surface area contributed by atoms with Crippen LogP contribution in [-0.2, 0) is 16.0 Å². The lowest BCUT2D eigenvalue weighted by atomic mass is 9.67. The van der Waals surface area contributed by atoms with Crippen molar-refractivity contribution < 1.29 is 24.3 Å². The van der Waals surface area contributed by atoms with Crippen LogP contribution in [-0.4, -0.2) is 29.0 Å². The van der Waals surface area contributed by atoms with Crippen molar-refractivity contribution in [3.63, 3.8) is 0 Å². The van der Waals surface area contributed by atoms with Crippen molar-refractivity contribution in [3.8, 4) is 11.5 Å². The fraction of sp³-hybridized carbons (Fsp3) is 0.375. The molecule has 4 rings (SSSR count). The van der Waals surface area contributed by atoms with E-state index in [1.807, 2.05) is 13.0 Å². The number of aliphatic hydroxyl groups excluding tert-OH is 1. The number of nitro benzene ring substituents is 1. The molecule has 0 amide bonds. The molecule has 1 aliphatic carbocycles. The molecule has 0 bridgehead atoms. The molecule has 0 unspecified atom stereocenters. The van der Waals surface area contributed by atoms with E-state index in [1.165, 1.54) is 18.2 Å². The number of ether oxygens (including phenoxy) is 2. The first-order valence-electron chi connectivity index (χ1n) is 10.6. The molecule has 32 heavy (non-hydrogen) atoms. The molecule has 0 saturated carbocycles. The second-order valence-electron chi connectivity index (χ2n) is 8.36. The number of rotatable bonds is 5. The van der Waals surface area contributed by atoms with Crippen LogP contribution in [0.5, 0.6) is 11.5 Å². The fourth-order valence-corrected chi connectivity index (χ4v) is 4.79. The molecule has 1 spiro atoms. The van der Waals surface area contributed by atoms with Crippen LogP contribution >= 0.6 is 11.6 Å². The number of benzene rings is 2. The normalized spacial score (nSPS) is 18.1. The Morgan fingerprint density at radius 1 is 1.16 bits per heavy atom. The van der Waals surface area contributed by atoms with Crippen molar-refractivity contribution in [3.05, 3.63) is 68.4 Å². The Bertz CT molecular complexity index is 1100. The lowest BCUT2D eigenvalue weighted by molar-refractivity contribution is -0.384. The van der Waals surface area contributed by atoms with Gasteiger partial charge in [0.2, 0.25) is 0 Å². The Kier molecular flexibility index (Phi) is 6.22. The monoisotopic (exact) mass is 457 g/mol. The Morgan fingerprint density at radius 2 is 1.84 bits per heavy atom. The van der Waals surface area contributed by atoms with E-state index in [4.69, 9.17) is 21.1 Å². The highest BCUT2D eigenvalue weighted by Gasteiger charge is 2.41. The topological polar surface area (TPSA) is 98.9 Å². The second kappa shape index (κ2) is 8.92. The van der Waals surface area contributed by atoms with Crippen molar-refractivity contribution in [1.29, 1.82) is 0 Å². The number of nitrogens with zero attached hydrogens (tertiary/aromatic N) is 1. The lowest BCUT2D eigenvalue weighted by Crippen LogP contribution is -2.36. The van der Waals surface area contributed by atoms with Gasteiger partial charge in [0.15, 0.2) is 5.78 Å². The van der Waals surface area contributed by atoms with Crippen LogP contribution in [0.4, 0.5) is 5.69 Å². The first kappa shape index (κ1) is 22.3. The Morgan fingerprint density at radius 3 is 2.47 bits per heavy atom. The number of hydrogen-bond acceptors (Lipinski definition) is 6. The predicted molar refractivity (Wildman–Crippen MR) is 120 cm³/mol. The smallest absolute Gasteiger partial charge is 0.288 e. The maximum atomic E-state index is 13.2. The van der Waals surface area contributed by atoms with Crippen LogP contribution in [0, 0.1) is 15.5 Å². The van der Waals surface area contributed by atoms with Gasteiger partial charge in [-0.05, 0) is 54.0 Å². The number of hydrogen-bond donors (Lipinski definition) is 1. The number of ketones is 1. The van der Waals surface area contributed by atoms with Crippen LogP contribution in [0.2, 0.25) is 5.02 Å². The Hall–Kier alpha value is -2.90. The van der Waals surface area contributed by atoms with Crippen molar-refractivity contribution in [2.45, 2.75) is 39.0 Å². The molecular weight excluding hydrogens is 434 g/mol. The maximum absolute atomic E-state index is 13.2. The van der Waals surface area contributed by atoms with Gasteiger partial charge >= 0.3 is 0 Å². The molecule has 2 aromatic rings. The molecule has 2 aliphatic rings. The van der Waals surface area contributed by atoms with Crippen molar-refractivity contribution in [2.75, 3.05) is 13.2 Å². The van der Waals surface area contributed by atoms with Crippen molar-refractivity contribution >= 4 is 28.6 Å². The number of carbonyl (C=O) groups is 1. The third kappa shape index (κ3) is 4.36. The molecule has 1 heterocycles. The molecule has 1 aliphatic heterocycles. The minimum Gasteiger partial charge on any atom is -0.512 e. The van der Waals surface area contributed by atoms with Gasteiger partial charge in [0.1, 0.15) is 22.3 Å². The van der Waals surface area contributed by atoms with Gasteiger partial charge in [-0.1, -0.05) is 24.6 Å². The minimum absolute atomic E-state index is 0.0255. The maximum Gasteiger partial charge on any atom is 0.288 e. The highest BCUT2D eigenvalue weighted by atomic mass is 35.5. The third-order valence-electron chi connectivity index (χ3n) is 6.28. The summed E-state index contributed by atoms with van der Waals surface area (Å²) in [6.45, 7) is 3.20. The average Bonchev–Trinajstić information content (AvgIpc) is 2.74. The van der Waals surface area contributed by atoms with Gasteiger partial charge in [0.05, 0.1) is 10.5 Å². The zero-order chi connectivity index (χ0) is 22.9. The van der Waals surface area contributed by atoms with Gasteiger partial charge in [0.25, 0.3) is 5.69 Å². The van der Waals surface area contributed by atoms with E-state index >= 15 is 0 Å². The van der Waals surface area contributed by atoms with E-state index in [-0.39, 0.29) is 27.7 Å². The molecule has 0 atom stereocenters. The van der Waals surface area contributed by atoms with Crippen molar-refractivity contribution in [1.82, 2.24) is 0 Å². The molecule has 168 valence electrons. The zero-order valence-corrected chi connectivity index (χ0v) is 18.5. The second-order valence-corrected chi connectivity index (χ2v) is 8.76. The molecule has 8 heteroatoms. The van der Waals surface area contributed by atoms with Gasteiger partial charge in [-0.25, -0.2) is 0 Å². The zero-order valence-electron chi connectivity index (χ0n) is 17.7. The first-order chi connectivity index (χ1) is 15.3. The number of allylic oxidation sites excluding steroid dienone is 2. The number of carbonyl (C=O) groups excluding carboxylic acids is 1. The summed E-state index contributed by atoms with van der Waals surface area (Å²) in [5.41, 5.74) is 1.51. The summed E-state index contributed by atoms with van der Waals surface area (Å²) in [6, 6.07) is 9.50. The van der Waals surface area contributed by atoms with E-state index in [9.17, 15) is 20.0 Å². The van der Waals surface area contributed by atoms with Gasteiger partial charge in [0, 0.05) is 38.2 Å². The fourth-order valence-electron chi connectivity index (χ4n) is 4.55. The minimum atomic E-state index is -0.560. The van der Waals surface area contributed by atoms with E-state index < -0.39 is 4.92 Å². The molecule has 7 nitrogen and oxygen atoms in total. The summed E-state index contributed by atoms with van der Waals surface area (Å²) < 4.78 is 11.3. The predicted octanol–water partition coefficient (Wildman–Crippen LogP) is 6.03. The number of aliphatic hydroxyl groups is 1. The van der Waals surface area contributed by atoms with E-state index in [2.05, 4.69) is 0 Å². The highest BCUT2D eigenvalue weighted by molar-refractivity contribution is 6.32. The molecule has 0 radical (unpaired) electrons. The standard InChI is InChI=1S/C24H24ClNO6/c1-2-15-3-4-16(32-17-5-6-20(26(29)30)19(25)12-17)11-18(15)23-21(27)13-24(14-22(23)28)7-9-31-10-8-24/h3-6,11-12,27H,2,7-10,13-14H2,1H3. The average molecular weight is 458 g/mol. The van der Waals surface area contributed by atoms with Crippen LogP contribution in [0.1, 0.15) is 43.7 Å².